The topological polar surface area (TPSA) is 62.2 Å². The predicted molar refractivity (Wildman–Crippen MR) is 68.2 cm³/mol. The zero-order valence-corrected chi connectivity index (χ0v) is 10.3. The van der Waals surface area contributed by atoms with E-state index in [1.54, 1.807) is 19.1 Å². The first kappa shape index (κ1) is 13.0. The van der Waals surface area contributed by atoms with Gasteiger partial charge < -0.3 is 10.4 Å². The van der Waals surface area contributed by atoms with Gasteiger partial charge in [-0.05, 0) is 30.7 Å². The number of aromatic hydroxyl groups is 1. The summed E-state index contributed by atoms with van der Waals surface area (Å²) < 4.78 is 12.8. The SMILES string of the molecule is CC(NC(=O)c1ccncc1O)c1ccc(F)cc1. The van der Waals surface area contributed by atoms with E-state index in [2.05, 4.69) is 10.3 Å². The Morgan fingerprint density at radius 2 is 2.00 bits per heavy atom. The molecule has 1 aromatic carbocycles. The fourth-order valence-corrected chi connectivity index (χ4v) is 1.69. The van der Waals surface area contributed by atoms with Crippen LogP contribution in [-0.2, 0) is 0 Å². The summed E-state index contributed by atoms with van der Waals surface area (Å²) in [6, 6.07) is 7.02. The van der Waals surface area contributed by atoms with Gasteiger partial charge in [-0.2, -0.15) is 0 Å². The Morgan fingerprint density at radius 3 is 2.63 bits per heavy atom. The minimum absolute atomic E-state index is 0.156. The number of amides is 1. The molecule has 0 saturated carbocycles. The van der Waals surface area contributed by atoms with E-state index in [9.17, 15) is 14.3 Å². The number of benzene rings is 1. The van der Waals surface area contributed by atoms with Crippen molar-refractivity contribution in [3.05, 3.63) is 59.7 Å². The number of carbonyl (C=O) groups is 1. The molecule has 0 fully saturated rings. The molecule has 0 spiro atoms. The Hall–Kier alpha value is -2.43. The standard InChI is InChI=1S/C14H13FN2O2/c1-9(10-2-4-11(15)5-3-10)17-14(19)12-6-7-16-8-13(12)18/h2-9,18H,1H3,(H,17,19). The summed E-state index contributed by atoms with van der Waals surface area (Å²) in [6.45, 7) is 1.78. The van der Waals surface area contributed by atoms with Crippen molar-refractivity contribution in [1.29, 1.82) is 0 Å². The molecule has 0 saturated heterocycles. The Morgan fingerprint density at radius 1 is 1.32 bits per heavy atom. The van der Waals surface area contributed by atoms with Crippen molar-refractivity contribution in [3.63, 3.8) is 0 Å². The number of nitrogens with one attached hydrogen (secondary N) is 1. The third-order valence-electron chi connectivity index (χ3n) is 2.76. The number of nitrogens with zero attached hydrogens (tertiary/aromatic N) is 1. The lowest BCUT2D eigenvalue weighted by Crippen LogP contribution is -2.26. The number of hydrogen-bond acceptors (Lipinski definition) is 3. The summed E-state index contributed by atoms with van der Waals surface area (Å²) in [6.07, 6.45) is 2.63. The molecule has 1 atom stereocenters. The highest BCUT2D eigenvalue weighted by Crippen LogP contribution is 2.17. The predicted octanol–water partition coefficient (Wildman–Crippen LogP) is 2.42. The molecule has 1 heterocycles. The van der Waals surface area contributed by atoms with Crippen LogP contribution in [-0.4, -0.2) is 16.0 Å². The zero-order chi connectivity index (χ0) is 13.8. The van der Waals surface area contributed by atoms with Crippen LogP contribution in [0, 0.1) is 5.82 Å². The number of aromatic nitrogens is 1. The fraction of sp³-hybridized carbons (Fsp3) is 0.143. The van der Waals surface area contributed by atoms with Crippen molar-refractivity contribution in [1.82, 2.24) is 10.3 Å². The lowest BCUT2D eigenvalue weighted by Gasteiger charge is -2.14. The van der Waals surface area contributed by atoms with Gasteiger partial charge in [-0.15, -0.1) is 0 Å². The minimum Gasteiger partial charge on any atom is -0.505 e. The van der Waals surface area contributed by atoms with E-state index in [4.69, 9.17) is 0 Å². The van der Waals surface area contributed by atoms with E-state index in [0.717, 1.165) is 5.56 Å². The van der Waals surface area contributed by atoms with Crippen molar-refractivity contribution < 1.29 is 14.3 Å². The van der Waals surface area contributed by atoms with Crippen LogP contribution in [0.3, 0.4) is 0 Å². The van der Waals surface area contributed by atoms with Crippen LogP contribution in [0.1, 0.15) is 28.9 Å². The molecule has 1 aromatic heterocycles. The first-order valence-corrected chi connectivity index (χ1v) is 5.77. The molecule has 2 aromatic rings. The zero-order valence-electron chi connectivity index (χ0n) is 10.3. The first-order valence-electron chi connectivity index (χ1n) is 5.77. The largest absolute Gasteiger partial charge is 0.505 e. The van der Waals surface area contributed by atoms with Gasteiger partial charge in [0.05, 0.1) is 17.8 Å². The van der Waals surface area contributed by atoms with Gasteiger partial charge in [0, 0.05) is 6.20 Å². The van der Waals surface area contributed by atoms with Gasteiger partial charge in [-0.1, -0.05) is 12.1 Å². The van der Waals surface area contributed by atoms with Crippen LogP contribution >= 0.6 is 0 Å². The molecule has 0 aliphatic heterocycles. The van der Waals surface area contributed by atoms with E-state index in [-0.39, 0.29) is 23.2 Å². The molecular weight excluding hydrogens is 247 g/mol. The van der Waals surface area contributed by atoms with E-state index in [1.165, 1.54) is 30.6 Å². The molecule has 5 heteroatoms. The number of halogens is 1. The lowest BCUT2D eigenvalue weighted by molar-refractivity contribution is 0.0937. The summed E-state index contributed by atoms with van der Waals surface area (Å²) in [7, 11) is 0. The van der Waals surface area contributed by atoms with Crippen molar-refractivity contribution in [2.45, 2.75) is 13.0 Å². The van der Waals surface area contributed by atoms with Gasteiger partial charge in [0.1, 0.15) is 11.6 Å². The average molecular weight is 260 g/mol. The second-order valence-corrected chi connectivity index (χ2v) is 4.14. The highest BCUT2D eigenvalue weighted by molar-refractivity contribution is 5.96. The van der Waals surface area contributed by atoms with Gasteiger partial charge in [-0.25, -0.2) is 4.39 Å². The molecule has 2 N–H and O–H groups in total. The summed E-state index contributed by atoms with van der Waals surface area (Å²) in [5, 5.41) is 12.3. The Balaban J connectivity index is 2.11. The molecule has 0 radical (unpaired) electrons. The van der Waals surface area contributed by atoms with Gasteiger partial charge in [0.2, 0.25) is 0 Å². The van der Waals surface area contributed by atoms with Gasteiger partial charge in [0.15, 0.2) is 0 Å². The fourth-order valence-electron chi connectivity index (χ4n) is 1.69. The smallest absolute Gasteiger partial charge is 0.255 e. The van der Waals surface area contributed by atoms with Crippen LogP contribution in [0.5, 0.6) is 5.75 Å². The minimum atomic E-state index is -0.406. The van der Waals surface area contributed by atoms with Gasteiger partial charge in [0.25, 0.3) is 5.91 Å². The van der Waals surface area contributed by atoms with E-state index < -0.39 is 5.91 Å². The maximum Gasteiger partial charge on any atom is 0.255 e. The van der Waals surface area contributed by atoms with Crippen LogP contribution in [0.2, 0.25) is 0 Å². The molecular formula is C14H13FN2O2. The van der Waals surface area contributed by atoms with Crippen LogP contribution < -0.4 is 5.32 Å². The maximum atomic E-state index is 12.8. The quantitative estimate of drug-likeness (QED) is 0.890. The molecule has 2 rings (SSSR count). The average Bonchev–Trinajstić information content (AvgIpc) is 2.39. The number of rotatable bonds is 3. The van der Waals surface area contributed by atoms with Gasteiger partial charge in [-0.3, -0.25) is 9.78 Å². The number of carbonyl (C=O) groups excluding carboxylic acids is 1. The van der Waals surface area contributed by atoms with Gasteiger partial charge >= 0.3 is 0 Å². The number of pyridine rings is 1. The Bertz CT molecular complexity index is 584. The monoisotopic (exact) mass is 260 g/mol. The Labute approximate surface area is 109 Å². The first-order chi connectivity index (χ1) is 9.08. The summed E-state index contributed by atoms with van der Waals surface area (Å²) in [5.74, 6) is -0.905. The molecule has 0 bridgehead atoms. The third kappa shape index (κ3) is 3.07. The van der Waals surface area contributed by atoms with Crippen LogP contribution in [0.15, 0.2) is 42.7 Å². The summed E-state index contributed by atoms with van der Waals surface area (Å²) >= 11 is 0. The van der Waals surface area contributed by atoms with Crippen LogP contribution in [0.4, 0.5) is 4.39 Å². The molecule has 4 nitrogen and oxygen atoms in total. The Kier molecular flexibility index (Phi) is 3.75. The molecule has 1 unspecified atom stereocenters. The van der Waals surface area contributed by atoms with E-state index in [0.29, 0.717) is 0 Å². The molecule has 0 aliphatic carbocycles. The highest BCUT2D eigenvalue weighted by atomic mass is 19.1. The van der Waals surface area contributed by atoms with Crippen molar-refractivity contribution in [3.8, 4) is 5.75 Å². The summed E-state index contributed by atoms with van der Waals surface area (Å²) in [5.41, 5.74) is 0.937. The lowest BCUT2D eigenvalue weighted by atomic mass is 10.1. The molecule has 19 heavy (non-hydrogen) atoms. The molecule has 1 amide bonds. The highest BCUT2D eigenvalue weighted by Gasteiger charge is 2.14. The van der Waals surface area contributed by atoms with Crippen molar-refractivity contribution in [2.75, 3.05) is 0 Å². The third-order valence-corrected chi connectivity index (χ3v) is 2.76. The molecule has 98 valence electrons. The second-order valence-electron chi connectivity index (χ2n) is 4.14. The van der Waals surface area contributed by atoms with Crippen LogP contribution in [0.25, 0.3) is 0 Å². The maximum absolute atomic E-state index is 12.8. The summed E-state index contributed by atoms with van der Waals surface area (Å²) in [4.78, 5) is 15.6. The van der Waals surface area contributed by atoms with Crippen molar-refractivity contribution >= 4 is 5.91 Å². The second kappa shape index (κ2) is 5.48. The van der Waals surface area contributed by atoms with Crippen molar-refractivity contribution in [2.24, 2.45) is 0 Å². The number of hydrogen-bond donors (Lipinski definition) is 2. The van der Waals surface area contributed by atoms with E-state index in [1.807, 2.05) is 0 Å². The van der Waals surface area contributed by atoms with E-state index >= 15 is 0 Å². The molecule has 0 aliphatic rings. The normalized spacial score (nSPS) is 11.9.